The molecule has 0 fully saturated rings. The van der Waals surface area contributed by atoms with Crippen molar-refractivity contribution in [2.75, 3.05) is 7.05 Å². The highest BCUT2D eigenvalue weighted by molar-refractivity contribution is 7.89. The summed E-state index contributed by atoms with van der Waals surface area (Å²) in [6, 6.07) is 3.32. The lowest BCUT2D eigenvalue weighted by Gasteiger charge is -2.19. The first-order chi connectivity index (χ1) is 10.7. The van der Waals surface area contributed by atoms with E-state index in [-0.39, 0.29) is 6.54 Å². The summed E-state index contributed by atoms with van der Waals surface area (Å²) < 4.78 is 28.9. The van der Waals surface area contributed by atoms with Gasteiger partial charge in [0.05, 0.1) is 11.1 Å². The molecule has 7 heteroatoms. The fourth-order valence-electron chi connectivity index (χ4n) is 2.48. The summed E-state index contributed by atoms with van der Waals surface area (Å²) >= 11 is 6.07. The Morgan fingerprint density at radius 1 is 1.22 bits per heavy atom. The predicted molar refractivity (Wildman–Crippen MR) is 92.2 cm³/mol. The molecular weight excluding hydrogens is 334 g/mol. The van der Waals surface area contributed by atoms with Gasteiger partial charge in [-0.15, -0.1) is 0 Å². The zero-order valence-electron chi connectivity index (χ0n) is 14.1. The van der Waals surface area contributed by atoms with Crippen LogP contribution in [-0.2, 0) is 23.1 Å². The van der Waals surface area contributed by atoms with Gasteiger partial charge in [0, 0.05) is 36.4 Å². The van der Waals surface area contributed by atoms with Crippen LogP contribution in [0.1, 0.15) is 29.3 Å². The minimum absolute atomic E-state index is 0.287. The molecule has 0 aliphatic carbocycles. The first kappa shape index (κ1) is 18.0. The van der Waals surface area contributed by atoms with E-state index >= 15 is 0 Å². The second-order valence-electron chi connectivity index (χ2n) is 5.70. The van der Waals surface area contributed by atoms with Crippen LogP contribution in [0.15, 0.2) is 23.2 Å². The second-order valence-corrected chi connectivity index (χ2v) is 8.12. The molecule has 0 spiro atoms. The summed E-state index contributed by atoms with van der Waals surface area (Å²) in [6.07, 6.45) is 1.73. The van der Waals surface area contributed by atoms with Gasteiger partial charge in [-0.3, -0.25) is 4.68 Å². The first-order valence-corrected chi connectivity index (χ1v) is 9.24. The van der Waals surface area contributed by atoms with Crippen molar-refractivity contribution in [3.8, 4) is 0 Å². The predicted octanol–water partition coefficient (Wildman–Crippen LogP) is 3.30. The fourth-order valence-corrected chi connectivity index (χ4v) is 4.14. The molecule has 0 unspecified atom stereocenters. The van der Waals surface area contributed by atoms with Crippen molar-refractivity contribution in [3.63, 3.8) is 0 Å². The molecule has 1 aromatic carbocycles. The lowest BCUT2D eigenvalue weighted by atomic mass is 10.2. The first-order valence-electron chi connectivity index (χ1n) is 7.42. The van der Waals surface area contributed by atoms with Gasteiger partial charge in [0.15, 0.2) is 0 Å². The monoisotopic (exact) mass is 355 g/mol. The minimum Gasteiger partial charge on any atom is -0.270 e. The normalized spacial score (nSPS) is 12.1. The maximum atomic E-state index is 12.9. The van der Waals surface area contributed by atoms with Crippen molar-refractivity contribution in [1.82, 2.24) is 14.1 Å². The van der Waals surface area contributed by atoms with Crippen LogP contribution in [0.3, 0.4) is 0 Å². The molecule has 0 amide bonds. The van der Waals surface area contributed by atoms with Crippen molar-refractivity contribution in [3.05, 3.63) is 45.7 Å². The van der Waals surface area contributed by atoms with E-state index < -0.39 is 10.0 Å². The van der Waals surface area contributed by atoms with Crippen LogP contribution in [0, 0.1) is 20.8 Å². The van der Waals surface area contributed by atoms with Gasteiger partial charge in [0.1, 0.15) is 0 Å². The molecule has 0 radical (unpaired) electrons. The van der Waals surface area contributed by atoms with Crippen molar-refractivity contribution in [2.24, 2.45) is 0 Å². The molecule has 1 aromatic heterocycles. The molecule has 0 saturated carbocycles. The highest BCUT2D eigenvalue weighted by Gasteiger charge is 2.24. The van der Waals surface area contributed by atoms with Gasteiger partial charge in [0.25, 0.3) is 0 Å². The van der Waals surface area contributed by atoms with E-state index in [1.165, 1.54) is 4.31 Å². The van der Waals surface area contributed by atoms with E-state index in [1.807, 2.05) is 18.5 Å². The summed E-state index contributed by atoms with van der Waals surface area (Å²) in [7, 11) is -2.00. The average Bonchev–Trinajstić information content (AvgIpc) is 2.83. The lowest BCUT2D eigenvalue weighted by molar-refractivity contribution is 0.465. The van der Waals surface area contributed by atoms with E-state index in [9.17, 15) is 8.42 Å². The molecule has 23 heavy (non-hydrogen) atoms. The minimum atomic E-state index is -3.58. The Hall–Kier alpha value is -1.37. The van der Waals surface area contributed by atoms with Crippen molar-refractivity contribution in [1.29, 1.82) is 0 Å². The van der Waals surface area contributed by atoms with Crippen molar-refractivity contribution in [2.45, 2.75) is 45.7 Å². The number of aryl methyl sites for hydroxylation is 3. The van der Waals surface area contributed by atoms with E-state index in [1.54, 1.807) is 39.2 Å². The smallest absolute Gasteiger partial charge is 0.243 e. The maximum absolute atomic E-state index is 12.9. The fraction of sp³-hybridized carbons (Fsp3) is 0.438. The van der Waals surface area contributed by atoms with Crippen LogP contribution in [0.4, 0.5) is 0 Å². The van der Waals surface area contributed by atoms with Crippen LogP contribution < -0.4 is 0 Å². The highest BCUT2D eigenvalue weighted by Crippen LogP contribution is 2.26. The van der Waals surface area contributed by atoms with Crippen LogP contribution in [-0.4, -0.2) is 29.6 Å². The third-order valence-corrected chi connectivity index (χ3v) is 6.39. The van der Waals surface area contributed by atoms with E-state index in [0.29, 0.717) is 15.5 Å². The summed E-state index contributed by atoms with van der Waals surface area (Å²) in [6.45, 7) is 8.56. The molecule has 2 rings (SSSR count). The Labute approximate surface area is 142 Å². The average molecular weight is 356 g/mol. The van der Waals surface area contributed by atoms with Crippen LogP contribution in [0.2, 0.25) is 5.02 Å². The Morgan fingerprint density at radius 3 is 2.43 bits per heavy atom. The Kier molecular flexibility index (Phi) is 5.18. The zero-order valence-corrected chi connectivity index (χ0v) is 15.7. The number of nitrogens with zero attached hydrogens (tertiary/aromatic N) is 3. The zero-order chi connectivity index (χ0) is 17.4. The maximum Gasteiger partial charge on any atom is 0.243 e. The third-order valence-electron chi connectivity index (χ3n) is 4.04. The van der Waals surface area contributed by atoms with Gasteiger partial charge in [-0.1, -0.05) is 11.6 Å². The number of benzene rings is 1. The number of sulfonamides is 1. The Morgan fingerprint density at radius 2 is 1.87 bits per heavy atom. The Bertz CT molecular complexity index is 828. The van der Waals surface area contributed by atoms with Crippen LogP contribution in [0.5, 0.6) is 0 Å². The van der Waals surface area contributed by atoms with Gasteiger partial charge in [-0.2, -0.15) is 9.40 Å². The highest BCUT2D eigenvalue weighted by atomic mass is 35.5. The number of rotatable bonds is 5. The van der Waals surface area contributed by atoms with Gasteiger partial charge in [-0.25, -0.2) is 8.42 Å². The molecule has 5 nitrogen and oxygen atoms in total. The number of hydrogen-bond donors (Lipinski definition) is 0. The molecule has 0 atom stereocenters. The van der Waals surface area contributed by atoms with Crippen molar-refractivity contribution < 1.29 is 8.42 Å². The molecule has 0 aliphatic rings. The molecule has 1 heterocycles. The summed E-state index contributed by atoms with van der Waals surface area (Å²) in [4.78, 5) is 0.294. The topological polar surface area (TPSA) is 55.2 Å². The van der Waals surface area contributed by atoms with E-state index in [4.69, 9.17) is 11.6 Å². The molecular formula is C16H22ClN3O2S. The molecule has 2 aromatic rings. The van der Waals surface area contributed by atoms with Gasteiger partial charge >= 0.3 is 0 Å². The lowest BCUT2D eigenvalue weighted by Crippen LogP contribution is -2.27. The molecule has 0 saturated heterocycles. The quantitative estimate of drug-likeness (QED) is 0.826. The standard InChI is InChI=1S/C16H22ClN3O2S/c1-6-20-13(4)14(9-18-20)10-19(5)23(21,22)16-8-11(2)15(17)7-12(16)3/h7-9H,6,10H2,1-5H3. The third kappa shape index (κ3) is 3.44. The molecule has 0 bridgehead atoms. The molecule has 126 valence electrons. The Balaban J connectivity index is 2.35. The molecule has 0 N–H and O–H groups in total. The van der Waals surface area contributed by atoms with E-state index in [2.05, 4.69) is 5.10 Å². The molecule has 0 aliphatic heterocycles. The summed E-state index contributed by atoms with van der Waals surface area (Å²) in [5, 5.41) is 4.84. The van der Waals surface area contributed by atoms with Gasteiger partial charge in [0.2, 0.25) is 10.0 Å². The van der Waals surface area contributed by atoms with Crippen LogP contribution in [0.25, 0.3) is 0 Å². The number of hydrogen-bond acceptors (Lipinski definition) is 3. The largest absolute Gasteiger partial charge is 0.270 e. The summed E-state index contributed by atoms with van der Waals surface area (Å²) in [5.74, 6) is 0. The SMILES string of the molecule is CCn1ncc(CN(C)S(=O)(=O)c2cc(C)c(Cl)cc2C)c1C. The van der Waals surface area contributed by atoms with Gasteiger partial charge < -0.3 is 0 Å². The second kappa shape index (κ2) is 6.63. The number of halogens is 1. The van der Waals surface area contributed by atoms with Crippen molar-refractivity contribution >= 4 is 21.6 Å². The summed E-state index contributed by atoms with van der Waals surface area (Å²) in [5.41, 5.74) is 3.28. The number of aromatic nitrogens is 2. The van der Waals surface area contributed by atoms with Crippen LogP contribution >= 0.6 is 11.6 Å². The van der Waals surface area contributed by atoms with E-state index in [0.717, 1.165) is 23.4 Å². The van der Waals surface area contributed by atoms with Gasteiger partial charge in [-0.05, 0) is 51.0 Å².